The lowest BCUT2D eigenvalue weighted by Crippen LogP contribution is -2.27. The van der Waals surface area contributed by atoms with Gasteiger partial charge in [-0.25, -0.2) is 0 Å². The predicted octanol–water partition coefficient (Wildman–Crippen LogP) is 0.564. The predicted molar refractivity (Wildman–Crippen MR) is 57.4 cm³/mol. The minimum atomic E-state index is 0.856. The highest BCUT2D eigenvalue weighted by Crippen LogP contribution is 2.25. The summed E-state index contributed by atoms with van der Waals surface area (Å²) in [7, 11) is 0. The zero-order valence-corrected chi connectivity index (χ0v) is 9.17. The molecule has 2 heterocycles. The summed E-state index contributed by atoms with van der Waals surface area (Å²) in [5.41, 5.74) is 0. The molecule has 0 aromatic carbocycles. The van der Waals surface area contributed by atoms with Gasteiger partial charge in [0, 0.05) is 32.8 Å². The highest BCUT2D eigenvalue weighted by Gasteiger charge is 2.35. The molecule has 14 heavy (non-hydrogen) atoms. The summed E-state index contributed by atoms with van der Waals surface area (Å²) in [6, 6.07) is 0. The summed E-state index contributed by atoms with van der Waals surface area (Å²) in [5.74, 6) is 1.86. The Balaban J connectivity index is 1.60. The van der Waals surface area contributed by atoms with Gasteiger partial charge in [-0.2, -0.15) is 0 Å². The Morgan fingerprint density at radius 2 is 2.00 bits per heavy atom. The Morgan fingerprint density at radius 1 is 1.29 bits per heavy atom. The third-order valence-corrected chi connectivity index (χ3v) is 3.43. The molecule has 2 aliphatic rings. The molecule has 3 nitrogen and oxygen atoms in total. The van der Waals surface area contributed by atoms with E-state index >= 15 is 0 Å². The van der Waals surface area contributed by atoms with Crippen LogP contribution >= 0.6 is 0 Å². The van der Waals surface area contributed by atoms with Crippen LogP contribution in [-0.4, -0.2) is 50.8 Å². The molecule has 0 bridgehead atoms. The first-order valence-electron chi connectivity index (χ1n) is 5.91. The Bertz CT molecular complexity index is 163. The molecule has 0 spiro atoms. The molecule has 1 N–H and O–H groups in total. The molecule has 0 aliphatic carbocycles. The number of fused-ring (bicyclic) bond motifs is 1. The molecule has 2 fully saturated rings. The first-order valence-corrected chi connectivity index (χ1v) is 5.91. The van der Waals surface area contributed by atoms with E-state index in [9.17, 15) is 0 Å². The molecule has 0 aromatic heterocycles. The smallest absolute Gasteiger partial charge is 0.0478 e. The monoisotopic (exact) mass is 198 g/mol. The van der Waals surface area contributed by atoms with E-state index in [1.165, 1.54) is 39.1 Å². The van der Waals surface area contributed by atoms with Gasteiger partial charge in [-0.3, -0.25) is 0 Å². The van der Waals surface area contributed by atoms with E-state index in [1.807, 2.05) is 0 Å². The van der Waals surface area contributed by atoms with Crippen molar-refractivity contribution in [1.82, 2.24) is 10.2 Å². The molecule has 0 saturated carbocycles. The maximum Gasteiger partial charge on any atom is 0.0478 e. The Labute approximate surface area is 86.8 Å². The van der Waals surface area contributed by atoms with Crippen LogP contribution in [0.5, 0.6) is 0 Å². The third-order valence-electron chi connectivity index (χ3n) is 3.43. The molecule has 2 atom stereocenters. The topological polar surface area (TPSA) is 24.5 Å². The van der Waals surface area contributed by atoms with Crippen LogP contribution in [-0.2, 0) is 4.74 Å². The molecule has 2 aliphatic heterocycles. The molecule has 3 heteroatoms. The van der Waals surface area contributed by atoms with E-state index in [0.29, 0.717) is 0 Å². The fraction of sp³-hybridized carbons (Fsp3) is 1.00. The second-order valence-electron chi connectivity index (χ2n) is 4.49. The summed E-state index contributed by atoms with van der Waals surface area (Å²) in [6.45, 7) is 10.2. The summed E-state index contributed by atoms with van der Waals surface area (Å²) < 4.78 is 5.35. The lowest BCUT2D eigenvalue weighted by Gasteiger charge is -2.16. The highest BCUT2D eigenvalue weighted by atomic mass is 16.5. The second kappa shape index (κ2) is 5.10. The van der Waals surface area contributed by atoms with E-state index in [-0.39, 0.29) is 0 Å². The largest absolute Gasteiger partial charge is 0.382 e. The average Bonchev–Trinajstić information content (AvgIpc) is 2.72. The molecular weight excluding hydrogens is 176 g/mol. The number of hydrogen-bond donors (Lipinski definition) is 1. The minimum Gasteiger partial charge on any atom is -0.382 e. The zero-order valence-electron chi connectivity index (χ0n) is 9.17. The number of likely N-dealkylation sites (tertiary alicyclic amines) is 1. The maximum absolute atomic E-state index is 5.35. The second-order valence-corrected chi connectivity index (χ2v) is 4.49. The standard InChI is InChI=1S/C11H22N2O/c1-2-14-5-3-4-13-8-10-6-12-7-11(10)9-13/h10-12H,2-9H2,1H3. The van der Waals surface area contributed by atoms with Crippen LogP contribution < -0.4 is 5.32 Å². The van der Waals surface area contributed by atoms with Crippen molar-refractivity contribution in [2.24, 2.45) is 11.8 Å². The third kappa shape index (κ3) is 2.47. The Kier molecular flexibility index (Phi) is 3.79. The van der Waals surface area contributed by atoms with Gasteiger partial charge in [0.1, 0.15) is 0 Å². The number of ether oxygens (including phenoxy) is 1. The summed E-state index contributed by atoms with van der Waals surface area (Å²) in [5, 5.41) is 3.47. The van der Waals surface area contributed by atoms with Crippen LogP contribution in [0.4, 0.5) is 0 Å². The van der Waals surface area contributed by atoms with Crippen LogP contribution in [0.3, 0.4) is 0 Å². The molecule has 2 rings (SSSR count). The zero-order chi connectivity index (χ0) is 9.80. The van der Waals surface area contributed by atoms with E-state index < -0.39 is 0 Å². The quantitative estimate of drug-likeness (QED) is 0.653. The Morgan fingerprint density at radius 3 is 2.64 bits per heavy atom. The number of rotatable bonds is 5. The molecule has 0 radical (unpaired) electrons. The van der Waals surface area contributed by atoms with Crippen molar-refractivity contribution >= 4 is 0 Å². The van der Waals surface area contributed by atoms with E-state index in [2.05, 4.69) is 17.1 Å². The SMILES string of the molecule is CCOCCCN1CC2CNCC2C1. The van der Waals surface area contributed by atoms with Crippen LogP contribution in [0.25, 0.3) is 0 Å². The van der Waals surface area contributed by atoms with Crippen molar-refractivity contribution in [2.45, 2.75) is 13.3 Å². The van der Waals surface area contributed by atoms with E-state index in [4.69, 9.17) is 4.74 Å². The minimum absolute atomic E-state index is 0.856. The number of nitrogens with one attached hydrogen (secondary N) is 1. The van der Waals surface area contributed by atoms with Crippen LogP contribution in [0.1, 0.15) is 13.3 Å². The van der Waals surface area contributed by atoms with Crippen LogP contribution in [0.2, 0.25) is 0 Å². The van der Waals surface area contributed by atoms with Crippen molar-refractivity contribution in [1.29, 1.82) is 0 Å². The molecule has 2 unspecified atom stereocenters. The van der Waals surface area contributed by atoms with Gasteiger partial charge < -0.3 is 15.0 Å². The van der Waals surface area contributed by atoms with Gasteiger partial charge in [-0.1, -0.05) is 0 Å². The van der Waals surface area contributed by atoms with Gasteiger partial charge in [0.25, 0.3) is 0 Å². The van der Waals surface area contributed by atoms with Crippen molar-refractivity contribution in [3.63, 3.8) is 0 Å². The lowest BCUT2D eigenvalue weighted by molar-refractivity contribution is 0.134. The average molecular weight is 198 g/mol. The van der Waals surface area contributed by atoms with Gasteiger partial charge in [0.05, 0.1) is 0 Å². The summed E-state index contributed by atoms with van der Waals surface area (Å²) >= 11 is 0. The van der Waals surface area contributed by atoms with Gasteiger partial charge >= 0.3 is 0 Å². The number of nitrogens with zero attached hydrogens (tertiary/aromatic N) is 1. The molecule has 0 aromatic rings. The van der Waals surface area contributed by atoms with Crippen molar-refractivity contribution in [2.75, 3.05) is 45.9 Å². The van der Waals surface area contributed by atoms with Crippen LogP contribution in [0, 0.1) is 11.8 Å². The van der Waals surface area contributed by atoms with Gasteiger partial charge in [-0.05, 0) is 38.3 Å². The van der Waals surface area contributed by atoms with Crippen molar-refractivity contribution in [3.8, 4) is 0 Å². The number of hydrogen-bond acceptors (Lipinski definition) is 3. The van der Waals surface area contributed by atoms with Gasteiger partial charge in [-0.15, -0.1) is 0 Å². The fourth-order valence-corrected chi connectivity index (χ4v) is 2.67. The molecule has 2 saturated heterocycles. The first-order chi connectivity index (χ1) is 6.90. The van der Waals surface area contributed by atoms with E-state index in [1.54, 1.807) is 0 Å². The normalized spacial score (nSPS) is 32.4. The van der Waals surface area contributed by atoms with Gasteiger partial charge in [0.15, 0.2) is 0 Å². The van der Waals surface area contributed by atoms with Crippen LogP contribution in [0.15, 0.2) is 0 Å². The maximum atomic E-state index is 5.35. The lowest BCUT2D eigenvalue weighted by atomic mass is 10.0. The summed E-state index contributed by atoms with van der Waals surface area (Å²) in [6.07, 6.45) is 1.20. The molecule has 82 valence electrons. The molecular formula is C11H22N2O. The van der Waals surface area contributed by atoms with Gasteiger partial charge in [0.2, 0.25) is 0 Å². The first kappa shape index (κ1) is 10.4. The molecule has 0 amide bonds. The van der Waals surface area contributed by atoms with E-state index in [0.717, 1.165) is 25.0 Å². The van der Waals surface area contributed by atoms with Crippen molar-refractivity contribution in [3.05, 3.63) is 0 Å². The highest BCUT2D eigenvalue weighted by molar-refractivity contribution is 4.90. The fourth-order valence-electron chi connectivity index (χ4n) is 2.67. The summed E-state index contributed by atoms with van der Waals surface area (Å²) in [4.78, 5) is 2.61. The Hall–Kier alpha value is -0.120. The van der Waals surface area contributed by atoms with Crippen molar-refractivity contribution < 1.29 is 4.74 Å².